The van der Waals surface area contributed by atoms with Gasteiger partial charge in [-0.3, -0.25) is 14.5 Å². The van der Waals surface area contributed by atoms with E-state index in [0.717, 1.165) is 49.7 Å². The Morgan fingerprint density at radius 1 is 1.13 bits per heavy atom. The molecule has 0 aliphatic carbocycles. The number of carbonyl (C=O) groups excluding carboxylic acids is 2. The lowest BCUT2D eigenvalue weighted by atomic mass is 9.81. The lowest BCUT2D eigenvalue weighted by molar-refractivity contribution is -0.172. The Balaban J connectivity index is 1.30. The Bertz CT molecular complexity index is 855. The van der Waals surface area contributed by atoms with E-state index in [1.54, 1.807) is 11.8 Å². The van der Waals surface area contributed by atoms with Crippen LogP contribution in [0.25, 0.3) is 0 Å². The number of fused-ring (bicyclic) bond motifs is 2. The van der Waals surface area contributed by atoms with Crippen molar-refractivity contribution in [2.24, 2.45) is 0 Å². The first kappa shape index (κ1) is 20.9. The quantitative estimate of drug-likeness (QED) is 0.693. The molecule has 4 aliphatic rings. The second-order valence-electron chi connectivity index (χ2n) is 8.92. The zero-order valence-corrected chi connectivity index (χ0v) is 19.0. The SMILES string of the molecule is CCCCN1C(=O)[C@@H]2CSCN2C(=O)C12CCN(Cc1ccc3c(c1)OCCO3)CC2. The number of hydrogen-bond donors (Lipinski definition) is 0. The first-order chi connectivity index (χ1) is 15.1. The number of piperazine rings is 1. The number of carbonyl (C=O) groups is 2. The second-order valence-corrected chi connectivity index (χ2v) is 9.92. The molecular formula is C23H31N3O4S. The van der Waals surface area contributed by atoms with Crippen LogP contribution in [-0.2, 0) is 16.1 Å². The third-order valence-corrected chi connectivity index (χ3v) is 8.05. The first-order valence-corrected chi connectivity index (χ1v) is 12.6. The fourth-order valence-corrected chi connectivity index (χ4v) is 6.42. The van der Waals surface area contributed by atoms with Crippen LogP contribution in [0.3, 0.4) is 0 Å². The number of nitrogens with zero attached hydrogens (tertiary/aromatic N) is 3. The van der Waals surface area contributed by atoms with Crippen LogP contribution < -0.4 is 9.47 Å². The molecule has 5 rings (SSSR count). The van der Waals surface area contributed by atoms with Crippen molar-refractivity contribution >= 4 is 23.6 Å². The monoisotopic (exact) mass is 445 g/mol. The van der Waals surface area contributed by atoms with E-state index in [0.29, 0.717) is 38.5 Å². The molecule has 1 aromatic rings. The van der Waals surface area contributed by atoms with E-state index in [2.05, 4.69) is 24.0 Å². The van der Waals surface area contributed by atoms with E-state index in [4.69, 9.17) is 9.47 Å². The smallest absolute Gasteiger partial charge is 0.250 e. The highest BCUT2D eigenvalue weighted by atomic mass is 32.2. The maximum Gasteiger partial charge on any atom is 0.250 e. The van der Waals surface area contributed by atoms with Crippen LogP contribution in [0.5, 0.6) is 11.5 Å². The number of piperidine rings is 1. The molecule has 168 valence electrons. The lowest BCUT2D eigenvalue weighted by Gasteiger charge is -2.53. The average molecular weight is 446 g/mol. The Morgan fingerprint density at radius 2 is 1.90 bits per heavy atom. The van der Waals surface area contributed by atoms with Gasteiger partial charge >= 0.3 is 0 Å². The van der Waals surface area contributed by atoms with Crippen molar-refractivity contribution in [2.75, 3.05) is 44.5 Å². The molecule has 0 unspecified atom stereocenters. The molecular weight excluding hydrogens is 414 g/mol. The van der Waals surface area contributed by atoms with Crippen molar-refractivity contribution < 1.29 is 19.1 Å². The molecule has 2 amide bonds. The van der Waals surface area contributed by atoms with Crippen molar-refractivity contribution in [3.8, 4) is 11.5 Å². The third-order valence-electron chi connectivity index (χ3n) is 7.04. The summed E-state index contributed by atoms with van der Waals surface area (Å²) in [5.41, 5.74) is 0.529. The molecule has 1 atom stereocenters. The van der Waals surface area contributed by atoms with E-state index < -0.39 is 5.54 Å². The largest absolute Gasteiger partial charge is 0.486 e. The van der Waals surface area contributed by atoms with Crippen molar-refractivity contribution in [2.45, 2.75) is 50.7 Å². The third kappa shape index (κ3) is 3.67. The predicted molar refractivity (Wildman–Crippen MR) is 119 cm³/mol. The predicted octanol–water partition coefficient (Wildman–Crippen LogP) is 2.34. The number of hydrogen-bond acceptors (Lipinski definition) is 6. The van der Waals surface area contributed by atoms with Gasteiger partial charge in [0.05, 0.1) is 5.88 Å². The zero-order valence-electron chi connectivity index (χ0n) is 18.2. The molecule has 0 radical (unpaired) electrons. The van der Waals surface area contributed by atoms with Crippen LogP contribution in [0.2, 0.25) is 0 Å². The van der Waals surface area contributed by atoms with Crippen LogP contribution in [0.15, 0.2) is 18.2 Å². The van der Waals surface area contributed by atoms with Gasteiger partial charge in [0.2, 0.25) is 11.8 Å². The Hall–Kier alpha value is -1.93. The van der Waals surface area contributed by atoms with Crippen LogP contribution in [0.4, 0.5) is 0 Å². The van der Waals surface area contributed by atoms with Crippen LogP contribution in [0, 0.1) is 0 Å². The fraction of sp³-hybridized carbons (Fsp3) is 0.652. The molecule has 0 saturated carbocycles. The molecule has 7 nitrogen and oxygen atoms in total. The Morgan fingerprint density at radius 3 is 2.68 bits per heavy atom. The van der Waals surface area contributed by atoms with E-state index in [-0.39, 0.29) is 17.9 Å². The number of ether oxygens (including phenoxy) is 2. The van der Waals surface area contributed by atoms with E-state index in [9.17, 15) is 9.59 Å². The van der Waals surface area contributed by atoms with Gasteiger partial charge in [-0.2, -0.15) is 0 Å². The highest BCUT2D eigenvalue weighted by Crippen LogP contribution is 2.40. The van der Waals surface area contributed by atoms with Gasteiger partial charge in [-0.15, -0.1) is 11.8 Å². The standard InChI is InChI=1S/C23H31N3O4S/c1-2-3-8-26-21(27)18-15-31-16-25(18)22(28)23(26)6-9-24(10-7-23)14-17-4-5-19-20(13-17)30-12-11-29-19/h4-5,13,18H,2-3,6-12,14-16H2,1H3/t18-/m0/s1. The summed E-state index contributed by atoms with van der Waals surface area (Å²) in [6.45, 7) is 6.44. The number of likely N-dealkylation sites (tertiary alicyclic amines) is 1. The normalized spacial score (nSPS) is 25.3. The maximum absolute atomic E-state index is 13.6. The van der Waals surface area contributed by atoms with Gasteiger partial charge in [0.1, 0.15) is 24.8 Å². The van der Waals surface area contributed by atoms with Gasteiger partial charge in [0, 0.05) is 31.9 Å². The van der Waals surface area contributed by atoms with Crippen LogP contribution in [0.1, 0.15) is 38.2 Å². The highest BCUT2D eigenvalue weighted by Gasteiger charge is 2.57. The first-order valence-electron chi connectivity index (χ1n) is 11.4. The van der Waals surface area contributed by atoms with Crippen LogP contribution in [-0.4, -0.2) is 82.6 Å². The topological polar surface area (TPSA) is 62.3 Å². The number of thioether (sulfide) groups is 1. The Kier molecular flexibility index (Phi) is 5.77. The zero-order chi connectivity index (χ0) is 21.4. The van der Waals surface area contributed by atoms with E-state index >= 15 is 0 Å². The molecule has 3 saturated heterocycles. The molecule has 0 aromatic heterocycles. The average Bonchev–Trinajstić information content (AvgIpc) is 3.29. The molecule has 1 aromatic carbocycles. The fourth-order valence-electron chi connectivity index (χ4n) is 5.27. The number of unbranched alkanes of at least 4 members (excludes halogenated alkanes) is 1. The number of rotatable bonds is 5. The number of benzene rings is 1. The van der Waals surface area contributed by atoms with E-state index in [1.165, 1.54) is 5.56 Å². The lowest BCUT2D eigenvalue weighted by Crippen LogP contribution is -2.72. The summed E-state index contributed by atoms with van der Waals surface area (Å²) in [5, 5.41) is 0. The molecule has 3 fully saturated rings. The van der Waals surface area contributed by atoms with Gasteiger partial charge in [-0.05, 0) is 37.0 Å². The van der Waals surface area contributed by atoms with Crippen molar-refractivity contribution in [1.29, 1.82) is 0 Å². The Labute approximate surface area is 188 Å². The van der Waals surface area contributed by atoms with Gasteiger partial charge in [-0.1, -0.05) is 19.4 Å². The van der Waals surface area contributed by atoms with Crippen molar-refractivity contribution in [3.05, 3.63) is 23.8 Å². The molecule has 31 heavy (non-hydrogen) atoms. The van der Waals surface area contributed by atoms with Gasteiger partial charge < -0.3 is 19.3 Å². The molecule has 0 N–H and O–H groups in total. The summed E-state index contributed by atoms with van der Waals surface area (Å²) >= 11 is 1.70. The minimum absolute atomic E-state index is 0.165. The highest BCUT2D eigenvalue weighted by molar-refractivity contribution is 7.99. The minimum atomic E-state index is -0.656. The summed E-state index contributed by atoms with van der Waals surface area (Å²) < 4.78 is 11.3. The summed E-state index contributed by atoms with van der Waals surface area (Å²) in [4.78, 5) is 33.1. The van der Waals surface area contributed by atoms with Gasteiger partial charge in [0.25, 0.3) is 0 Å². The summed E-state index contributed by atoms with van der Waals surface area (Å²) in [7, 11) is 0. The maximum atomic E-state index is 13.6. The van der Waals surface area contributed by atoms with Gasteiger partial charge in [-0.25, -0.2) is 0 Å². The molecule has 4 aliphatic heterocycles. The minimum Gasteiger partial charge on any atom is -0.486 e. The van der Waals surface area contributed by atoms with Crippen molar-refractivity contribution in [3.63, 3.8) is 0 Å². The second kappa shape index (κ2) is 8.54. The molecule has 8 heteroatoms. The van der Waals surface area contributed by atoms with Crippen molar-refractivity contribution in [1.82, 2.24) is 14.7 Å². The summed E-state index contributed by atoms with van der Waals surface area (Å²) in [6, 6.07) is 5.88. The molecule has 0 bridgehead atoms. The van der Waals surface area contributed by atoms with Crippen LogP contribution >= 0.6 is 11.8 Å². The van der Waals surface area contributed by atoms with Gasteiger partial charge in [0.15, 0.2) is 11.5 Å². The summed E-state index contributed by atoms with van der Waals surface area (Å²) in [5.74, 6) is 3.35. The van der Waals surface area contributed by atoms with E-state index in [1.807, 2.05) is 15.9 Å². The molecule has 4 heterocycles. The molecule has 1 spiro atoms. The summed E-state index contributed by atoms with van der Waals surface area (Å²) in [6.07, 6.45) is 3.38. The number of amides is 2.